The predicted molar refractivity (Wildman–Crippen MR) is 59.9 cm³/mol. The molecule has 1 N–H and O–H groups in total. The van der Waals surface area contributed by atoms with Crippen LogP contribution in [0.4, 0.5) is 0 Å². The first kappa shape index (κ1) is 10.5. The summed E-state index contributed by atoms with van der Waals surface area (Å²) in [6.45, 7) is 7.20. The maximum atomic E-state index is 11.1. The Morgan fingerprint density at radius 3 is 2.31 bits per heavy atom. The Labute approximate surface area is 96.2 Å². The quantitative estimate of drug-likeness (QED) is 0.729. The third-order valence-corrected chi connectivity index (χ3v) is 4.47. The number of carbonyl (C=O) groups excluding carboxylic acids is 1. The van der Waals surface area contributed by atoms with Crippen molar-refractivity contribution in [1.29, 1.82) is 0 Å². The van der Waals surface area contributed by atoms with Crippen LogP contribution < -0.4 is 0 Å². The molecule has 0 aromatic carbocycles. The summed E-state index contributed by atoms with van der Waals surface area (Å²) in [5.41, 5.74) is 0.656. The number of rotatable bonds is 3. The Balaban J connectivity index is 1.44. The third-order valence-electron chi connectivity index (χ3n) is 4.47. The van der Waals surface area contributed by atoms with Crippen LogP contribution in [0, 0.1) is 10.8 Å². The normalized spacial score (nSPS) is 29.8. The monoisotopic (exact) mass is 224 g/mol. The van der Waals surface area contributed by atoms with Crippen LogP contribution in [0.5, 0.6) is 0 Å². The lowest BCUT2D eigenvalue weighted by Gasteiger charge is -2.60. The number of aliphatic hydroxyl groups is 1. The molecule has 0 radical (unpaired) electrons. The zero-order valence-electron chi connectivity index (χ0n) is 9.91. The first-order valence-electron chi connectivity index (χ1n) is 6.15. The fourth-order valence-electron chi connectivity index (χ4n) is 3.22. The number of hydrogen-bond acceptors (Lipinski definition) is 3. The summed E-state index contributed by atoms with van der Waals surface area (Å²) in [7, 11) is 0. The number of nitrogens with zero attached hydrogens (tertiary/aromatic N) is 2. The van der Waals surface area contributed by atoms with Gasteiger partial charge in [-0.3, -0.25) is 4.79 Å². The maximum absolute atomic E-state index is 11.1. The lowest BCUT2D eigenvalue weighted by molar-refractivity contribution is -0.158. The van der Waals surface area contributed by atoms with Crippen molar-refractivity contribution in [1.82, 2.24) is 9.80 Å². The number of likely N-dealkylation sites (tertiary alicyclic amines) is 2. The van der Waals surface area contributed by atoms with Gasteiger partial charge in [0, 0.05) is 57.1 Å². The van der Waals surface area contributed by atoms with E-state index in [1.807, 2.05) is 4.90 Å². The molecule has 0 unspecified atom stereocenters. The predicted octanol–water partition coefficient (Wildman–Crippen LogP) is -0.0770. The van der Waals surface area contributed by atoms with Crippen molar-refractivity contribution in [3.63, 3.8) is 0 Å². The first-order valence-corrected chi connectivity index (χ1v) is 6.15. The van der Waals surface area contributed by atoms with Gasteiger partial charge in [0.05, 0.1) is 0 Å². The summed E-state index contributed by atoms with van der Waals surface area (Å²) in [6.07, 6.45) is 2.37. The second-order valence-corrected chi connectivity index (χ2v) is 6.18. The van der Waals surface area contributed by atoms with Crippen LogP contribution in [0.1, 0.15) is 19.8 Å². The molecule has 3 fully saturated rings. The van der Waals surface area contributed by atoms with E-state index in [0.717, 1.165) is 32.7 Å². The van der Waals surface area contributed by atoms with Crippen molar-refractivity contribution in [3.8, 4) is 0 Å². The van der Waals surface area contributed by atoms with Gasteiger partial charge in [0.1, 0.15) is 0 Å². The Morgan fingerprint density at radius 1 is 1.25 bits per heavy atom. The van der Waals surface area contributed by atoms with E-state index in [1.54, 1.807) is 6.92 Å². The molecule has 0 aromatic rings. The average molecular weight is 224 g/mol. The summed E-state index contributed by atoms with van der Waals surface area (Å²) in [6, 6.07) is 0. The van der Waals surface area contributed by atoms with Gasteiger partial charge in [-0.05, 0) is 12.8 Å². The number of aliphatic hydroxyl groups excluding tert-OH is 1. The van der Waals surface area contributed by atoms with Gasteiger partial charge >= 0.3 is 0 Å². The zero-order chi connectivity index (χ0) is 11.4. The lowest BCUT2D eigenvalue weighted by atomic mass is 9.72. The standard InChI is InChI=1S/C12H20N2O2/c1-10(16)14-7-12(8-14)5-13(6-12)4-11(9-15)2-3-11/h15H,2-9H2,1H3. The Morgan fingerprint density at radius 2 is 1.88 bits per heavy atom. The third kappa shape index (κ3) is 1.55. The number of amides is 1. The molecular formula is C12H20N2O2. The molecule has 4 heteroatoms. The molecule has 16 heavy (non-hydrogen) atoms. The van der Waals surface area contributed by atoms with E-state index in [1.165, 1.54) is 12.8 Å². The smallest absolute Gasteiger partial charge is 0.219 e. The van der Waals surface area contributed by atoms with Crippen LogP contribution in [0.15, 0.2) is 0 Å². The molecule has 2 saturated heterocycles. The van der Waals surface area contributed by atoms with Gasteiger partial charge in [-0.1, -0.05) is 0 Å². The van der Waals surface area contributed by atoms with E-state index < -0.39 is 0 Å². The summed E-state index contributed by atoms with van der Waals surface area (Å²) in [5.74, 6) is 0.207. The highest BCUT2D eigenvalue weighted by Crippen LogP contribution is 2.49. The van der Waals surface area contributed by atoms with E-state index in [9.17, 15) is 9.90 Å². The van der Waals surface area contributed by atoms with Crippen LogP contribution in [-0.4, -0.2) is 60.1 Å². The minimum atomic E-state index is 0.207. The molecule has 1 spiro atoms. The zero-order valence-corrected chi connectivity index (χ0v) is 9.91. The van der Waals surface area contributed by atoms with Crippen molar-refractivity contribution in [2.24, 2.45) is 10.8 Å². The second-order valence-electron chi connectivity index (χ2n) is 6.18. The van der Waals surface area contributed by atoms with Gasteiger partial charge in [-0.2, -0.15) is 0 Å². The molecule has 90 valence electrons. The van der Waals surface area contributed by atoms with Gasteiger partial charge in [0.2, 0.25) is 5.91 Å². The number of hydrogen-bond donors (Lipinski definition) is 1. The minimum absolute atomic E-state index is 0.207. The molecule has 3 rings (SSSR count). The fraction of sp³-hybridized carbons (Fsp3) is 0.917. The van der Waals surface area contributed by atoms with E-state index in [0.29, 0.717) is 12.0 Å². The highest BCUT2D eigenvalue weighted by Gasteiger charge is 2.55. The second kappa shape index (κ2) is 3.20. The van der Waals surface area contributed by atoms with Crippen LogP contribution in [0.3, 0.4) is 0 Å². The highest BCUT2D eigenvalue weighted by atomic mass is 16.3. The van der Waals surface area contributed by atoms with Crippen LogP contribution >= 0.6 is 0 Å². The molecule has 2 aliphatic heterocycles. The van der Waals surface area contributed by atoms with Crippen molar-refractivity contribution >= 4 is 5.91 Å². The van der Waals surface area contributed by atoms with Crippen molar-refractivity contribution < 1.29 is 9.90 Å². The van der Waals surface area contributed by atoms with Crippen molar-refractivity contribution in [2.75, 3.05) is 39.3 Å². The topological polar surface area (TPSA) is 43.8 Å². The fourth-order valence-corrected chi connectivity index (χ4v) is 3.22. The van der Waals surface area contributed by atoms with E-state index in [2.05, 4.69) is 4.90 Å². The minimum Gasteiger partial charge on any atom is -0.396 e. The summed E-state index contributed by atoms with van der Waals surface area (Å²) >= 11 is 0. The molecule has 0 bridgehead atoms. The highest BCUT2D eigenvalue weighted by molar-refractivity contribution is 5.74. The molecule has 4 nitrogen and oxygen atoms in total. The SMILES string of the molecule is CC(=O)N1CC2(CN(CC3(CO)CC3)C2)C1. The molecule has 1 aliphatic carbocycles. The summed E-state index contributed by atoms with van der Waals surface area (Å²) in [4.78, 5) is 15.5. The molecule has 2 heterocycles. The molecule has 0 atom stereocenters. The molecule has 0 aromatic heterocycles. The number of carbonyl (C=O) groups is 1. The summed E-state index contributed by atoms with van der Waals surface area (Å²) in [5, 5.41) is 9.26. The Kier molecular flexibility index (Phi) is 2.11. The summed E-state index contributed by atoms with van der Waals surface area (Å²) < 4.78 is 0. The van der Waals surface area contributed by atoms with Crippen LogP contribution in [-0.2, 0) is 4.79 Å². The maximum Gasteiger partial charge on any atom is 0.219 e. The molecule has 3 aliphatic rings. The van der Waals surface area contributed by atoms with E-state index >= 15 is 0 Å². The van der Waals surface area contributed by atoms with E-state index in [4.69, 9.17) is 0 Å². The van der Waals surface area contributed by atoms with Gasteiger partial charge in [-0.15, -0.1) is 0 Å². The molecule has 1 amide bonds. The van der Waals surface area contributed by atoms with Gasteiger partial charge in [0.15, 0.2) is 0 Å². The van der Waals surface area contributed by atoms with Crippen LogP contribution in [0.25, 0.3) is 0 Å². The van der Waals surface area contributed by atoms with Crippen molar-refractivity contribution in [3.05, 3.63) is 0 Å². The van der Waals surface area contributed by atoms with E-state index in [-0.39, 0.29) is 11.3 Å². The first-order chi connectivity index (χ1) is 7.56. The van der Waals surface area contributed by atoms with Gasteiger partial charge in [0.25, 0.3) is 0 Å². The van der Waals surface area contributed by atoms with Gasteiger partial charge < -0.3 is 14.9 Å². The van der Waals surface area contributed by atoms with Crippen LogP contribution in [0.2, 0.25) is 0 Å². The Hall–Kier alpha value is -0.610. The van der Waals surface area contributed by atoms with Crippen molar-refractivity contribution in [2.45, 2.75) is 19.8 Å². The van der Waals surface area contributed by atoms with Gasteiger partial charge in [-0.25, -0.2) is 0 Å². The largest absolute Gasteiger partial charge is 0.396 e. The lowest BCUT2D eigenvalue weighted by Crippen LogP contribution is -2.73. The average Bonchev–Trinajstić information content (AvgIpc) is 2.87. The molecular weight excluding hydrogens is 204 g/mol. The molecule has 1 saturated carbocycles. The Bertz CT molecular complexity index is 311.